The van der Waals surface area contributed by atoms with E-state index in [0.717, 1.165) is 45.6 Å². The van der Waals surface area contributed by atoms with Crippen molar-refractivity contribution in [1.29, 1.82) is 0 Å². The van der Waals surface area contributed by atoms with Gasteiger partial charge in [-0.05, 0) is 49.7 Å². The first-order chi connectivity index (χ1) is 14.1. The van der Waals surface area contributed by atoms with Crippen LogP contribution in [0.15, 0.2) is 42.0 Å². The first-order valence-electron chi connectivity index (χ1n) is 9.77. The van der Waals surface area contributed by atoms with Crippen molar-refractivity contribution in [3.63, 3.8) is 0 Å². The number of likely N-dealkylation sites (N-methyl/N-ethyl adjacent to an activating group) is 1. The maximum absolute atomic E-state index is 14.6. The lowest BCUT2D eigenvalue weighted by molar-refractivity contribution is 0.257. The molecule has 5 rings (SSSR count). The van der Waals surface area contributed by atoms with E-state index in [9.17, 15) is 4.39 Å². The molecule has 0 aliphatic carbocycles. The molecule has 1 N–H and O–H groups in total. The fourth-order valence-corrected chi connectivity index (χ4v) is 5.83. The molecule has 1 aromatic carbocycles. The minimum absolute atomic E-state index is 0.274. The Kier molecular flexibility index (Phi) is 4.81. The van der Waals surface area contributed by atoms with Gasteiger partial charge >= 0.3 is 0 Å². The summed E-state index contributed by atoms with van der Waals surface area (Å²) in [6.07, 6.45) is 5.20. The van der Waals surface area contributed by atoms with E-state index in [1.165, 1.54) is 21.8 Å². The molecular formula is C22H21FN4S2. The second kappa shape index (κ2) is 7.48. The number of pyridine rings is 1. The van der Waals surface area contributed by atoms with Crippen molar-refractivity contribution >= 4 is 60.1 Å². The highest BCUT2D eigenvalue weighted by Crippen LogP contribution is 2.38. The van der Waals surface area contributed by atoms with E-state index in [0.29, 0.717) is 11.7 Å². The molecule has 0 spiro atoms. The van der Waals surface area contributed by atoms with Crippen molar-refractivity contribution in [3.05, 3.63) is 52.7 Å². The van der Waals surface area contributed by atoms with Gasteiger partial charge in [0.25, 0.3) is 0 Å². The van der Waals surface area contributed by atoms with Crippen LogP contribution in [0, 0.1) is 5.82 Å². The molecule has 0 bridgehead atoms. The third kappa shape index (κ3) is 3.33. The summed E-state index contributed by atoms with van der Waals surface area (Å²) in [6.45, 7) is 6.63. The molecule has 1 atom stereocenters. The highest BCUT2D eigenvalue weighted by atomic mass is 32.1. The summed E-state index contributed by atoms with van der Waals surface area (Å²) in [4.78, 5) is 13.6. The predicted octanol–water partition coefficient (Wildman–Crippen LogP) is 6.29. The van der Waals surface area contributed by atoms with Gasteiger partial charge in [-0.15, -0.1) is 22.7 Å². The number of halogens is 1. The van der Waals surface area contributed by atoms with Gasteiger partial charge in [0, 0.05) is 29.0 Å². The molecule has 0 saturated heterocycles. The molecule has 0 amide bonds. The van der Waals surface area contributed by atoms with Crippen molar-refractivity contribution in [2.24, 2.45) is 0 Å². The molecule has 1 aliphatic heterocycles. The van der Waals surface area contributed by atoms with E-state index in [4.69, 9.17) is 0 Å². The van der Waals surface area contributed by atoms with Gasteiger partial charge in [-0.1, -0.05) is 13.0 Å². The Morgan fingerprint density at radius 1 is 1.24 bits per heavy atom. The minimum atomic E-state index is -0.274. The molecule has 29 heavy (non-hydrogen) atoms. The predicted molar refractivity (Wildman–Crippen MR) is 122 cm³/mol. The monoisotopic (exact) mass is 424 g/mol. The Balaban J connectivity index is 1.54. The Morgan fingerprint density at radius 3 is 3.00 bits per heavy atom. The van der Waals surface area contributed by atoms with Crippen molar-refractivity contribution < 1.29 is 4.39 Å². The molecule has 1 unspecified atom stereocenters. The highest BCUT2D eigenvalue weighted by molar-refractivity contribution is 7.19. The van der Waals surface area contributed by atoms with E-state index >= 15 is 0 Å². The van der Waals surface area contributed by atoms with Gasteiger partial charge in [-0.25, -0.2) is 14.4 Å². The second-order valence-electron chi connectivity index (χ2n) is 7.22. The fourth-order valence-electron chi connectivity index (χ4n) is 4.00. The Labute approximate surface area is 176 Å². The number of fused-ring (bicyclic) bond motifs is 2. The lowest BCUT2D eigenvalue weighted by atomic mass is 9.99. The van der Waals surface area contributed by atoms with Crippen LogP contribution >= 0.6 is 22.7 Å². The van der Waals surface area contributed by atoms with Gasteiger partial charge in [0.1, 0.15) is 10.6 Å². The fraction of sp³-hybridized carbons (Fsp3) is 0.273. The van der Waals surface area contributed by atoms with Crippen molar-refractivity contribution in [2.75, 3.05) is 18.4 Å². The zero-order valence-electron chi connectivity index (χ0n) is 16.3. The smallest absolute Gasteiger partial charge is 0.148 e. The topological polar surface area (TPSA) is 41.0 Å². The average molecular weight is 425 g/mol. The van der Waals surface area contributed by atoms with Crippen LogP contribution in [0.4, 0.5) is 15.8 Å². The number of aromatic nitrogens is 2. The van der Waals surface area contributed by atoms with E-state index in [1.807, 2.05) is 6.07 Å². The summed E-state index contributed by atoms with van der Waals surface area (Å²) >= 11 is 3.15. The minimum Gasteiger partial charge on any atom is -0.352 e. The van der Waals surface area contributed by atoms with Gasteiger partial charge < -0.3 is 5.32 Å². The molecule has 3 aromatic heterocycles. The van der Waals surface area contributed by atoms with Crippen molar-refractivity contribution in [3.8, 4) is 0 Å². The number of anilines is 2. The van der Waals surface area contributed by atoms with Crippen molar-refractivity contribution in [2.45, 2.75) is 26.3 Å². The number of nitrogens with zero attached hydrogens (tertiary/aromatic N) is 3. The molecule has 4 nitrogen and oxygen atoms in total. The maximum Gasteiger partial charge on any atom is 0.148 e. The molecular weight excluding hydrogens is 403 g/mol. The van der Waals surface area contributed by atoms with Crippen LogP contribution in [0.5, 0.6) is 0 Å². The number of nitrogens with one attached hydrogen (secondary N) is 1. The molecule has 0 radical (unpaired) electrons. The third-order valence-electron chi connectivity index (χ3n) is 5.59. The van der Waals surface area contributed by atoms with Crippen LogP contribution in [0.3, 0.4) is 0 Å². The number of hydrogen-bond donors (Lipinski definition) is 1. The summed E-state index contributed by atoms with van der Waals surface area (Å²) in [5.41, 5.74) is 5.20. The van der Waals surface area contributed by atoms with Gasteiger partial charge in [0.05, 0.1) is 27.1 Å². The summed E-state index contributed by atoms with van der Waals surface area (Å²) in [5.74, 6) is -0.274. The summed E-state index contributed by atoms with van der Waals surface area (Å²) < 4.78 is 15.5. The van der Waals surface area contributed by atoms with Crippen LogP contribution in [-0.4, -0.2) is 34.0 Å². The number of thiophene rings is 1. The first-order valence-corrected chi connectivity index (χ1v) is 11.5. The molecule has 0 fully saturated rings. The first kappa shape index (κ1) is 18.7. The normalized spacial score (nSPS) is 17.8. The maximum atomic E-state index is 14.6. The van der Waals surface area contributed by atoms with Crippen LogP contribution in [0.25, 0.3) is 26.0 Å². The van der Waals surface area contributed by atoms with Crippen LogP contribution in [0.2, 0.25) is 0 Å². The lowest BCUT2D eigenvalue weighted by Gasteiger charge is -2.32. The third-order valence-corrected chi connectivity index (χ3v) is 7.48. The summed E-state index contributed by atoms with van der Waals surface area (Å²) in [6, 6.07) is 7.80. The summed E-state index contributed by atoms with van der Waals surface area (Å²) in [7, 11) is 0. The molecule has 1 aliphatic rings. The molecule has 7 heteroatoms. The molecule has 4 heterocycles. The lowest BCUT2D eigenvalue weighted by Crippen LogP contribution is -2.36. The van der Waals surface area contributed by atoms with Gasteiger partial charge in [0.2, 0.25) is 0 Å². The second-order valence-corrected chi connectivity index (χ2v) is 9.13. The van der Waals surface area contributed by atoms with Crippen LogP contribution in [0.1, 0.15) is 25.1 Å². The Morgan fingerprint density at radius 2 is 2.14 bits per heavy atom. The van der Waals surface area contributed by atoms with E-state index in [1.54, 1.807) is 35.2 Å². The molecule has 148 valence electrons. The van der Waals surface area contributed by atoms with Crippen LogP contribution in [-0.2, 0) is 0 Å². The van der Waals surface area contributed by atoms with Crippen LogP contribution < -0.4 is 5.32 Å². The zero-order chi connectivity index (χ0) is 20.0. The largest absolute Gasteiger partial charge is 0.352 e. The Bertz CT molecular complexity index is 1230. The number of benzene rings is 1. The van der Waals surface area contributed by atoms with Crippen molar-refractivity contribution in [1.82, 2.24) is 14.9 Å². The molecule has 4 aromatic rings. The summed E-state index contributed by atoms with van der Waals surface area (Å²) in [5, 5.41) is 4.29. The zero-order valence-corrected chi connectivity index (χ0v) is 17.9. The number of hydrogen-bond acceptors (Lipinski definition) is 6. The quantitative estimate of drug-likeness (QED) is 0.418. The van der Waals surface area contributed by atoms with Gasteiger partial charge in [-0.2, -0.15) is 0 Å². The molecule has 0 saturated carbocycles. The van der Waals surface area contributed by atoms with Gasteiger partial charge in [-0.3, -0.25) is 4.90 Å². The highest BCUT2D eigenvalue weighted by Gasteiger charge is 2.23. The number of thiazole rings is 1. The van der Waals surface area contributed by atoms with E-state index in [2.05, 4.69) is 46.2 Å². The Hall–Kier alpha value is -2.35. The number of rotatable bonds is 4. The van der Waals surface area contributed by atoms with E-state index in [-0.39, 0.29) is 5.82 Å². The van der Waals surface area contributed by atoms with Gasteiger partial charge in [0.15, 0.2) is 0 Å². The standard InChI is InChI=1S/C22H21FN4S2/c1-3-27-8-4-5-14(13(27)2)20-9-15-17(6-7-24-22(15)29-20)26-18-11-19-21(10-16(18)23)28-12-25-19/h5-7,9-13H,3-4,8H2,1-2H3,(H,24,26). The average Bonchev–Trinajstić information content (AvgIpc) is 3.35. The van der Waals surface area contributed by atoms with E-state index < -0.39 is 0 Å². The SMILES string of the molecule is CCN1CCC=C(c2cc3c(Nc4cc5ncsc5cc4F)ccnc3s2)C1C.